The Balaban J connectivity index is 2.81. The maximum atomic E-state index is 11.6. The van der Waals surface area contributed by atoms with Crippen LogP contribution in [0.4, 0.5) is 0 Å². The highest BCUT2D eigenvalue weighted by Gasteiger charge is 2.24. The van der Waals surface area contributed by atoms with Crippen LogP contribution in [-0.2, 0) is 28.5 Å². The first-order valence-electron chi connectivity index (χ1n) is 11.1. The van der Waals surface area contributed by atoms with Crippen molar-refractivity contribution >= 4 is 12.0 Å². The molecule has 2 aromatic carbocycles. The molecule has 0 saturated carbocycles. The second-order valence-electron chi connectivity index (χ2n) is 10.7. The summed E-state index contributed by atoms with van der Waals surface area (Å²) in [6.45, 7) is 18.6. The number of phenols is 1. The molecule has 168 valence electrons. The minimum atomic E-state index is -0.918. The number of phenolic OH excluding ortho intramolecular Hbond substituents is 1. The van der Waals surface area contributed by atoms with Gasteiger partial charge in [-0.2, -0.15) is 0 Å². The number of aryl methyl sites for hydroxylation is 2. The van der Waals surface area contributed by atoms with E-state index in [0.29, 0.717) is 17.7 Å². The van der Waals surface area contributed by atoms with Crippen molar-refractivity contribution in [2.45, 2.75) is 86.0 Å². The normalized spacial score (nSPS) is 12.9. The van der Waals surface area contributed by atoms with Gasteiger partial charge in [-0.15, -0.1) is 0 Å². The van der Waals surface area contributed by atoms with Crippen LogP contribution in [0.3, 0.4) is 0 Å². The zero-order valence-electron chi connectivity index (χ0n) is 20.6. The highest BCUT2D eigenvalue weighted by atomic mass is 16.4. The van der Waals surface area contributed by atoms with Crippen molar-refractivity contribution in [1.29, 1.82) is 0 Å². The number of hydrogen-bond donors (Lipinski definition) is 2. The second-order valence-corrected chi connectivity index (χ2v) is 10.7. The van der Waals surface area contributed by atoms with E-state index in [4.69, 9.17) is 0 Å². The molecule has 0 bridgehead atoms. The van der Waals surface area contributed by atoms with Crippen LogP contribution in [0.1, 0.15) is 94.3 Å². The molecule has 0 heterocycles. The van der Waals surface area contributed by atoms with Gasteiger partial charge in [0.15, 0.2) is 0 Å². The van der Waals surface area contributed by atoms with Crippen molar-refractivity contribution in [3.8, 4) is 5.75 Å². The summed E-state index contributed by atoms with van der Waals surface area (Å²) >= 11 is 0. The topological polar surface area (TPSA) is 57.5 Å². The van der Waals surface area contributed by atoms with E-state index in [1.807, 2.05) is 6.07 Å². The van der Waals surface area contributed by atoms with Gasteiger partial charge in [0.2, 0.25) is 0 Å². The Morgan fingerprint density at radius 3 is 2.00 bits per heavy atom. The highest BCUT2D eigenvalue weighted by Crippen LogP contribution is 2.38. The van der Waals surface area contributed by atoms with Crippen LogP contribution in [-0.4, -0.2) is 16.2 Å². The predicted molar refractivity (Wildman–Crippen MR) is 130 cm³/mol. The fourth-order valence-corrected chi connectivity index (χ4v) is 3.96. The third kappa shape index (κ3) is 5.78. The van der Waals surface area contributed by atoms with E-state index in [2.05, 4.69) is 73.6 Å². The number of aliphatic carboxylic acids is 1. The Morgan fingerprint density at radius 1 is 0.935 bits per heavy atom. The fourth-order valence-electron chi connectivity index (χ4n) is 3.96. The van der Waals surface area contributed by atoms with Crippen molar-refractivity contribution in [1.82, 2.24) is 0 Å². The summed E-state index contributed by atoms with van der Waals surface area (Å²) < 4.78 is 0. The number of hydrogen-bond acceptors (Lipinski definition) is 2. The summed E-state index contributed by atoms with van der Waals surface area (Å²) in [5.41, 5.74) is 7.25. The molecule has 0 unspecified atom stereocenters. The molecule has 0 aliphatic rings. The molecule has 0 aromatic heterocycles. The Labute approximate surface area is 187 Å². The minimum absolute atomic E-state index is 0.143. The highest BCUT2D eigenvalue weighted by molar-refractivity contribution is 5.92. The van der Waals surface area contributed by atoms with Gasteiger partial charge in [0, 0.05) is 12.0 Å². The standard InChI is InChI=1S/C28H38O3/c1-10-19-14-20(16-21-11-17(2)12-24(25(21)29)28(7,8)9)22(13-18(3)26(30)31)23(15-19)27(4,5)6/h11-15,29H,10,16H2,1-9H3,(H,30,31). The maximum Gasteiger partial charge on any atom is 0.331 e. The molecule has 3 nitrogen and oxygen atoms in total. The first-order valence-corrected chi connectivity index (χ1v) is 11.1. The van der Waals surface area contributed by atoms with Gasteiger partial charge < -0.3 is 10.2 Å². The number of carboxylic acid groups (broad SMARTS) is 1. The first kappa shape index (κ1) is 24.7. The smallest absolute Gasteiger partial charge is 0.331 e. The van der Waals surface area contributed by atoms with E-state index in [-0.39, 0.29) is 10.8 Å². The first-order chi connectivity index (χ1) is 14.1. The lowest BCUT2D eigenvalue weighted by molar-refractivity contribution is -0.132. The van der Waals surface area contributed by atoms with E-state index in [1.54, 1.807) is 13.0 Å². The van der Waals surface area contributed by atoms with Crippen LogP contribution in [0.5, 0.6) is 5.75 Å². The van der Waals surface area contributed by atoms with Crippen molar-refractivity contribution in [2.24, 2.45) is 0 Å². The molecule has 31 heavy (non-hydrogen) atoms. The molecule has 2 N–H and O–H groups in total. The van der Waals surface area contributed by atoms with E-state index >= 15 is 0 Å². The number of carboxylic acids is 1. The van der Waals surface area contributed by atoms with E-state index in [9.17, 15) is 15.0 Å². The summed E-state index contributed by atoms with van der Waals surface area (Å²) in [6, 6.07) is 8.45. The molecule has 0 aliphatic carbocycles. The number of aromatic hydroxyl groups is 1. The largest absolute Gasteiger partial charge is 0.507 e. The van der Waals surface area contributed by atoms with E-state index in [1.165, 1.54) is 5.56 Å². The van der Waals surface area contributed by atoms with Gasteiger partial charge in [0.05, 0.1) is 0 Å². The molecule has 0 saturated heterocycles. The molecule has 0 aliphatic heterocycles. The quantitative estimate of drug-likeness (QED) is 0.513. The summed E-state index contributed by atoms with van der Waals surface area (Å²) in [5, 5.41) is 20.6. The molecule has 0 amide bonds. The zero-order valence-corrected chi connectivity index (χ0v) is 20.6. The van der Waals surface area contributed by atoms with Gasteiger partial charge in [0.25, 0.3) is 0 Å². The second kappa shape index (κ2) is 8.90. The third-order valence-corrected chi connectivity index (χ3v) is 5.76. The summed E-state index contributed by atoms with van der Waals surface area (Å²) in [7, 11) is 0. The molecule has 0 fully saturated rings. The Bertz CT molecular complexity index is 1010. The number of benzene rings is 2. The Kier molecular flexibility index (Phi) is 7.10. The molecule has 2 rings (SSSR count). The summed E-state index contributed by atoms with van der Waals surface area (Å²) in [5.74, 6) is -0.582. The van der Waals surface area contributed by atoms with E-state index in [0.717, 1.165) is 39.8 Å². The van der Waals surface area contributed by atoms with Gasteiger partial charge >= 0.3 is 5.97 Å². The van der Waals surface area contributed by atoms with Crippen molar-refractivity contribution in [2.75, 3.05) is 0 Å². The van der Waals surface area contributed by atoms with Crippen LogP contribution in [0.15, 0.2) is 29.8 Å². The predicted octanol–water partition coefficient (Wildman–Crippen LogP) is 6.94. The third-order valence-electron chi connectivity index (χ3n) is 5.76. The average Bonchev–Trinajstić information content (AvgIpc) is 2.63. The zero-order chi connectivity index (χ0) is 23.7. The SMILES string of the molecule is CCc1cc(Cc2cc(C)cc(C(C)(C)C)c2O)c(C=C(C)C(=O)O)c(C(C)(C)C)c1. The monoisotopic (exact) mass is 422 g/mol. The Hall–Kier alpha value is -2.55. The van der Waals surface area contributed by atoms with Crippen LogP contribution in [0.2, 0.25) is 0 Å². The lowest BCUT2D eigenvalue weighted by Gasteiger charge is -2.26. The number of rotatable bonds is 5. The van der Waals surface area contributed by atoms with Gasteiger partial charge in [-0.3, -0.25) is 0 Å². The van der Waals surface area contributed by atoms with Crippen molar-refractivity contribution in [3.63, 3.8) is 0 Å². The molecule has 0 radical (unpaired) electrons. The molecule has 0 atom stereocenters. The van der Waals surface area contributed by atoms with Crippen LogP contribution < -0.4 is 0 Å². The van der Waals surface area contributed by atoms with Crippen LogP contribution in [0, 0.1) is 6.92 Å². The lowest BCUT2D eigenvalue weighted by atomic mass is 9.78. The van der Waals surface area contributed by atoms with Crippen LogP contribution >= 0.6 is 0 Å². The van der Waals surface area contributed by atoms with Gasteiger partial charge in [0.1, 0.15) is 5.75 Å². The maximum absolute atomic E-state index is 11.6. The van der Waals surface area contributed by atoms with Crippen molar-refractivity contribution < 1.29 is 15.0 Å². The van der Waals surface area contributed by atoms with E-state index < -0.39 is 5.97 Å². The van der Waals surface area contributed by atoms with Gasteiger partial charge in [-0.25, -0.2) is 4.79 Å². The van der Waals surface area contributed by atoms with Gasteiger partial charge in [-0.1, -0.05) is 78.3 Å². The Morgan fingerprint density at radius 2 is 1.52 bits per heavy atom. The lowest BCUT2D eigenvalue weighted by Crippen LogP contribution is -2.16. The average molecular weight is 423 g/mol. The minimum Gasteiger partial charge on any atom is -0.507 e. The summed E-state index contributed by atoms with van der Waals surface area (Å²) in [6.07, 6.45) is 3.23. The molecule has 0 spiro atoms. The molecular weight excluding hydrogens is 384 g/mol. The molecule has 3 heteroatoms. The van der Waals surface area contributed by atoms with Crippen LogP contribution in [0.25, 0.3) is 6.08 Å². The van der Waals surface area contributed by atoms with Gasteiger partial charge in [-0.05, 0) is 70.6 Å². The summed E-state index contributed by atoms with van der Waals surface area (Å²) in [4.78, 5) is 11.6. The number of carbonyl (C=O) groups is 1. The fraction of sp³-hybridized carbons (Fsp3) is 0.464. The van der Waals surface area contributed by atoms with Crippen molar-refractivity contribution in [3.05, 3.63) is 68.8 Å². The molecular formula is C28H38O3. The molecule has 2 aromatic rings.